The summed E-state index contributed by atoms with van der Waals surface area (Å²) in [5.74, 6) is 0.814. The Bertz CT molecular complexity index is 879. The highest BCUT2D eigenvalue weighted by Gasteiger charge is 2.60. The summed E-state index contributed by atoms with van der Waals surface area (Å²) < 4.78 is 0. The van der Waals surface area contributed by atoms with Gasteiger partial charge in [-0.2, -0.15) is 0 Å². The van der Waals surface area contributed by atoms with Crippen LogP contribution in [0.15, 0.2) is 48.7 Å². The van der Waals surface area contributed by atoms with Crippen molar-refractivity contribution in [2.75, 3.05) is 24.5 Å². The minimum Gasteiger partial charge on any atom is -0.351 e. The van der Waals surface area contributed by atoms with Crippen LogP contribution in [-0.4, -0.2) is 57.8 Å². The number of amides is 2. The van der Waals surface area contributed by atoms with Gasteiger partial charge < -0.3 is 14.7 Å². The number of aromatic nitrogens is 1. The number of carbonyl (C=O) groups excluding carboxylic acids is 2. The van der Waals surface area contributed by atoms with E-state index in [0.29, 0.717) is 24.7 Å². The van der Waals surface area contributed by atoms with Crippen LogP contribution in [0.4, 0.5) is 5.82 Å². The van der Waals surface area contributed by atoms with E-state index in [0.717, 1.165) is 11.4 Å². The molecule has 4 rings (SSSR count). The first-order chi connectivity index (χ1) is 13.4. The fourth-order valence-electron chi connectivity index (χ4n) is 3.95. The van der Waals surface area contributed by atoms with Gasteiger partial charge in [0.15, 0.2) is 5.54 Å². The molecule has 3 heterocycles. The zero-order valence-corrected chi connectivity index (χ0v) is 16.8. The van der Waals surface area contributed by atoms with E-state index in [9.17, 15) is 9.59 Å². The minimum atomic E-state index is -0.850. The monoisotopic (exact) mass is 398 g/mol. The van der Waals surface area contributed by atoms with Crippen LogP contribution < -0.4 is 4.90 Å². The largest absolute Gasteiger partial charge is 0.351 e. The van der Waals surface area contributed by atoms with Gasteiger partial charge in [0.2, 0.25) is 5.91 Å². The number of carbonyl (C=O) groups is 2. The van der Waals surface area contributed by atoms with E-state index in [4.69, 9.17) is 11.6 Å². The van der Waals surface area contributed by atoms with Crippen molar-refractivity contribution < 1.29 is 9.59 Å². The second kappa shape index (κ2) is 7.09. The average molecular weight is 399 g/mol. The normalized spacial score (nSPS) is 18.8. The van der Waals surface area contributed by atoms with Gasteiger partial charge in [0, 0.05) is 23.8 Å². The molecule has 2 aliphatic heterocycles. The molecule has 0 atom stereocenters. The van der Waals surface area contributed by atoms with Crippen LogP contribution in [0.1, 0.15) is 19.4 Å². The Morgan fingerprint density at radius 2 is 1.82 bits per heavy atom. The molecule has 28 heavy (non-hydrogen) atoms. The molecule has 2 aromatic rings. The van der Waals surface area contributed by atoms with Crippen LogP contribution in [0.2, 0.25) is 5.02 Å². The molecule has 2 fully saturated rings. The highest BCUT2D eigenvalue weighted by atomic mass is 35.5. The number of pyridine rings is 1. The van der Waals surface area contributed by atoms with Crippen molar-refractivity contribution in [1.82, 2.24) is 14.8 Å². The average Bonchev–Trinajstić information content (AvgIpc) is 2.65. The van der Waals surface area contributed by atoms with Gasteiger partial charge in [-0.05, 0) is 43.7 Å². The highest BCUT2D eigenvalue weighted by molar-refractivity contribution is 6.30. The maximum atomic E-state index is 13.4. The minimum absolute atomic E-state index is 0.0169. The van der Waals surface area contributed by atoms with E-state index in [2.05, 4.69) is 4.98 Å². The van der Waals surface area contributed by atoms with E-state index in [1.165, 1.54) is 0 Å². The highest BCUT2D eigenvalue weighted by Crippen LogP contribution is 2.37. The lowest BCUT2D eigenvalue weighted by Crippen LogP contribution is -2.81. The van der Waals surface area contributed by atoms with Gasteiger partial charge >= 0.3 is 0 Å². The summed E-state index contributed by atoms with van der Waals surface area (Å²) in [6.45, 7) is 5.31. The Kier molecular flexibility index (Phi) is 4.75. The Hall–Kier alpha value is -2.60. The number of hydrogen-bond donors (Lipinski definition) is 0. The Morgan fingerprint density at radius 3 is 2.43 bits per heavy atom. The van der Waals surface area contributed by atoms with Crippen molar-refractivity contribution in [2.24, 2.45) is 0 Å². The molecule has 146 valence electrons. The molecule has 7 heteroatoms. The van der Waals surface area contributed by atoms with E-state index >= 15 is 0 Å². The number of nitrogens with zero attached hydrogens (tertiary/aromatic N) is 4. The SMILES string of the molecule is CC(C)N1CC(=O)N(Cc2ccc(Cl)cc2)C2(CN(c3ccccn3)C2)C1=O. The summed E-state index contributed by atoms with van der Waals surface area (Å²) in [4.78, 5) is 36.3. The van der Waals surface area contributed by atoms with Crippen LogP contribution in [0.25, 0.3) is 0 Å². The maximum Gasteiger partial charge on any atom is 0.252 e. The first kappa shape index (κ1) is 18.7. The summed E-state index contributed by atoms with van der Waals surface area (Å²) in [5, 5.41) is 0.649. The van der Waals surface area contributed by atoms with Crippen molar-refractivity contribution in [2.45, 2.75) is 32.0 Å². The second-order valence-corrected chi connectivity index (χ2v) is 8.15. The van der Waals surface area contributed by atoms with Crippen LogP contribution in [-0.2, 0) is 16.1 Å². The van der Waals surface area contributed by atoms with Crippen molar-refractivity contribution in [1.29, 1.82) is 0 Å². The zero-order valence-electron chi connectivity index (χ0n) is 16.0. The summed E-state index contributed by atoms with van der Waals surface area (Å²) in [7, 11) is 0. The molecule has 2 amide bonds. The van der Waals surface area contributed by atoms with Gasteiger partial charge in [-0.25, -0.2) is 4.98 Å². The summed E-state index contributed by atoms with van der Waals surface area (Å²) in [5.41, 5.74) is 0.107. The smallest absolute Gasteiger partial charge is 0.252 e. The third kappa shape index (κ3) is 3.11. The molecule has 6 nitrogen and oxygen atoms in total. The molecular weight excluding hydrogens is 376 g/mol. The molecule has 2 aliphatic rings. The molecule has 0 bridgehead atoms. The third-order valence-electron chi connectivity index (χ3n) is 5.54. The molecule has 1 aromatic heterocycles. The van der Waals surface area contributed by atoms with E-state index in [1.54, 1.807) is 28.1 Å². The lowest BCUT2D eigenvalue weighted by molar-refractivity contribution is -0.170. The van der Waals surface area contributed by atoms with Gasteiger partial charge in [0.1, 0.15) is 12.4 Å². The molecule has 0 radical (unpaired) electrons. The Balaban J connectivity index is 1.64. The van der Waals surface area contributed by atoms with Gasteiger partial charge in [-0.3, -0.25) is 9.59 Å². The van der Waals surface area contributed by atoms with Crippen LogP contribution in [0, 0.1) is 0 Å². The predicted octanol–water partition coefficient (Wildman–Crippen LogP) is 2.57. The summed E-state index contributed by atoms with van der Waals surface area (Å²) in [6, 6.07) is 13.1. The quantitative estimate of drug-likeness (QED) is 0.794. The van der Waals surface area contributed by atoms with Crippen molar-refractivity contribution in [3.63, 3.8) is 0 Å². The third-order valence-corrected chi connectivity index (χ3v) is 5.79. The molecule has 1 spiro atoms. The van der Waals surface area contributed by atoms with E-state index in [1.807, 2.05) is 49.1 Å². The lowest BCUT2D eigenvalue weighted by Gasteiger charge is -2.59. The molecule has 2 saturated heterocycles. The van der Waals surface area contributed by atoms with Gasteiger partial charge in [-0.1, -0.05) is 29.8 Å². The lowest BCUT2D eigenvalue weighted by atomic mass is 9.82. The van der Waals surface area contributed by atoms with E-state index < -0.39 is 5.54 Å². The molecule has 0 saturated carbocycles. The Morgan fingerprint density at radius 1 is 1.11 bits per heavy atom. The Labute approximate surface area is 169 Å². The summed E-state index contributed by atoms with van der Waals surface area (Å²) in [6.07, 6.45) is 1.74. The number of anilines is 1. The number of hydrogen-bond acceptors (Lipinski definition) is 4. The van der Waals surface area contributed by atoms with Crippen LogP contribution in [0.3, 0.4) is 0 Å². The first-order valence-corrected chi connectivity index (χ1v) is 9.80. The molecule has 0 N–H and O–H groups in total. The van der Waals surface area contributed by atoms with Gasteiger partial charge in [-0.15, -0.1) is 0 Å². The van der Waals surface area contributed by atoms with Crippen molar-refractivity contribution >= 4 is 29.2 Å². The molecule has 0 aliphatic carbocycles. The fourth-order valence-corrected chi connectivity index (χ4v) is 4.07. The van der Waals surface area contributed by atoms with E-state index in [-0.39, 0.29) is 24.4 Å². The van der Waals surface area contributed by atoms with Gasteiger partial charge in [0.25, 0.3) is 5.91 Å². The standard InChI is InChI=1S/C21H23ClN4O2/c1-15(2)25-12-19(27)26(11-16-6-8-17(22)9-7-16)21(20(25)28)13-24(14-21)18-5-3-4-10-23-18/h3-10,15H,11-14H2,1-2H3. The van der Waals surface area contributed by atoms with Crippen molar-refractivity contribution in [3.05, 3.63) is 59.2 Å². The molecule has 0 unspecified atom stereocenters. The number of rotatable bonds is 4. The zero-order chi connectivity index (χ0) is 19.9. The van der Waals surface area contributed by atoms with Crippen LogP contribution in [0.5, 0.6) is 0 Å². The first-order valence-electron chi connectivity index (χ1n) is 9.43. The number of piperazine rings is 1. The van der Waals surface area contributed by atoms with Crippen LogP contribution >= 0.6 is 11.6 Å². The summed E-state index contributed by atoms with van der Waals surface area (Å²) >= 11 is 5.99. The number of benzene rings is 1. The maximum absolute atomic E-state index is 13.4. The molecule has 1 aromatic carbocycles. The topological polar surface area (TPSA) is 56.8 Å². The number of halogens is 1. The van der Waals surface area contributed by atoms with Gasteiger partial charge in [0.05, 0.1) is 13.1 Å². The molecular formula is C21H23ClN4O2. The predicted molar refractivity (Wildman–Crippen MR) is 108 cm³/mol. The second-order valence-electron chi connectivity index (χ2n) is 7.71. The fraction of sp³-hybridized carbons (Fsp3) is 0.381. The van der Waals surface area contributed by atoms with Crippen molar-refractivity contribution in [3.8, 4) is 0 Å².